The van der Waals surface area contributed by atoms with Crippen molar-refractivity contribution in [3.05, 3.63) is 88.5 Å². The fourth-order valence-electron chi connectivity index (χ4n) is 4.08. The van der Waals surface area contributed by atoms with Crippen LogP contribution in [0.2, 0.25) is 0 Å². The summed E-state index contributed by atoms with van der Waals surface area (Å²) in [7, 11) is -3.97. The van der Waals surface area contributed by atoms with Gasteiger partial charge in [-0.2, -0.15) is 9.41 Å². The first-order valence-corrected chi connectivity index (χ1v) is 12.5. The summed E-state index contributed by atoms with van der Waals surface area (Å²) >= 11 is 0. The lowest BCUT2D eigenvalue weighted by molar-refractivity contribution is -0.121. The maximum Gasteiger partial charge on any atom is 0.255 e. The van der Waals surface area contributed by atoms with Crippen LogP contribution in [-0.2, 0) is 21.4 Å². The molecule has 0 fully saturated rings. The number of hydrogen-bond acceptors (Lipinski definition) is 6. The number of ether oxygens (including phenoxy) is 2. The quantitative estimate of drug-likeness (QED) is 0.381. The molecule has 0 saturated heterocycles. The van der Waals surface area contributed by atoms with Crippen LogP contribution in [0.4, 0.5) is 0 Å². The fourth-order valence-corrected chi connectivity index (χ4v) is 5.88. The first kappa shape index (κ1) is 24.4. The summed E-state index contributed by atoms with van der Waals surface area (Å²) in [5.41, 5.74) is 6.16. The minimum atomic E-state index is -3.97. The lowest BCUT2D eigenvalue weighted by atomic mass is 10.1. The Morgan fingerprint density at radius 1 is 1.00 bits per heavy atom. The average Bonchev–Trinajstić information content (AvgIpc) is 3.26. The van der Waals surface area contributed by atoms with Crippen molar-refractivity contribution in [3.63, 3.8) is 0 Å². The number of hydrazone groups is 1. The van der Waals surface area contributed by atoms with E-state index in [2.05, 4.69) is 10.5 Å². The Kier molecular flexibility index (Phi) is 7.18. The predicted molar refractivity (Wildman–Crippen MR) is 133 cm³/mol. The number of benzene rings is 3. The van der Waals surface area contributed by atoms with Crippen LogP contribution in [0.25, 0.3) is 0 Å². The lowest BCUT2D eigenvalue weighted by Crippen LogP contribution is -2.39. The average molecular weight is 494 g/mol. The van der Waals surface area contributed by atoms with Crippen LogP contribution in [0, 0.1) is 20.8 Å². The minimum absolute atomic E-state index is 0.0508. The number of aryl methyl sites for hydroxylation is 3. The van der Waals surface area contributed by atoms with Gasteiger partial charge in [-0.05, 0) is 61.2 Å². The van der Waals surface area contributed by atoms with Gasteiger partial charge in [0.25, 0.3) is 5.91 Å². The number of carbonyl (C=O) groups excluding carboxylic acids is 1. The molecule has 0 unspecified atom stereocenters. The maximum atomic E-state index is 13.7. The first-order chi connectivity index (χ1) is 16.7. The van der Waals surface area contributed by atoms with Crippen LogP contribution in [-0.4, -0.2) is 38.2 Å². The van der Waals surface area contributed by atoms with Gasteiger partial charge in [0.1, 0.15) is 0 Å². The van der Waals surface area contributed by atoms with Gasteiger partial charge in [0.2, 0.25) is 16.8 Å². The van der Waals surface area contributed by atoms with Crippen LogP contribution in [0.15, 0.2) is 70.7 Å². The molecule has 0 bridgehead atoms. The SMILES string of the molecule is Cc1cc(C)c(S(=O)(=O)N(CC(=O)NN=Cc2ccc3c(c2)OCO3)Cc2ccccc2)c(C)c1. The molecule has 0 spiro atoms. The molecule has 1 heterocycles. The molecule has 0 aliphatic carbocycles. The van der Waals surface area contributed by atoms with Crippen molar-refractivity contribution in [2.24, 2.45) is 5.10 Å². The van der Waals surface area contributed by atoms with Gasteiger partial charge in [-0.1, -0.05) is 48.0 Å². The van der Waals surface area contributed by atoms with Gasteiger partial charge in [-0.3, -0.25) is 4.79 Å². The zero-order chi connectivity index (χ0) is 25.0. The molecule has 1 N–H and O–H groups in total. The van der Waals surface area contributed by atoms with Crippen LogP contribution < -0.4 is 14.9 Å². The number of sulfonamides is 1. The van der Waals surface area contributed by atoms with E-state index in [1.54, 1.807) is 32.0 Å². The number of fused-ring (bicyclic) bond motifs is 1. The lowest BCUT2D eigenvalue weighted by Gasteiger charge is -2.24. The van der Waals surface area contributed by atoms with Gasteiger partial charge in [-0.25, -0.2) is 13.8 Å². The van der Waals surface area contributed by atoms with E-state index in [9.17, 15) is 13.2 Å². The molecule has 0 radical (unpaired) electrons. The summed E-state index contributed by atoms with van der Waals surface area (Å²) in [6.45, 7) is 5.28. The highest BCUT2D eigenvalue weighted by Crippen LogP contribution is 2.32. The van der Waals surface area contributed by atoms with Crippen molar-refractivity contribution in [3.8, 4) is 11.5 Å². The molecule has 1 aliphatic rings. The van der Waals surface area contributed by atoms with Crippen molar-refractivity contribution < 1.29 is 22.7 Å². The van der Waals surface area contributed by atoms with Crippen molar-refractivity contribution in [2.75, 3.05) is 13.3 Å². The van der Waals surface area contributed by atoms with E-state index in [1.807, 2.05) is 49.4 Å². The molecule has 8 nitrogen and oxygen atoms in total. The third-order valence-corrected chi connectivity index (χ3v) is 7.62. The smallest absolute Gasteiger partial charge is 0.255 e. The molecule has 35 heavy (non-hydrogen) atoms. The first-order valence-electron chi connectivity index (χ1n) is 11.1. The normalized spacial score (nSPS) is 12.9. The monoisotopic (exact) mass is 493 g/mol. The molecule has 9 heteroatoms. The van der Waals surface area contributed by atoms with E-state index in [0.717, 1.165) is 11.1 Å². The van der Waals surface area contributed by atoms with Crippen LogP contribution >= 0.6 is 0 Å². The molecular formula is C26H27N3O5S. The third-order valence-electron chi connectivity index (χ3n) is 5.52. The van der Waals surface area contributed by atoms with Gasteiger partial charge in [0.05, 0.1) is 17.7 Å². The molecule has 1 aliphatic heterocycles. The number of amides is 1. The largest absolute Gasteiger partial charge is 0.454 e. The zero-order valence-corrected chi connectivity index (χ0v) is 20.6. The van der Waals surface area contributed by atoms with Gasteiger partial charge < -0.3 is 9.47 Å². The van der Waals surface area contributed by atoms with Gasteiger partial charge in [0.15, 0.2) is 11.5 Å². The molecule has 182 valence electrons. The summed E-state index contributed by atoms with van der Waals surface area (Å²) in [4.78, 5) is 13.0. The molecular weight excluding hydrogens is 466 g/mol. The number of rotatable bonds is 8. The Morgan fingerprint density at radius 3 is 2.40 bits per heavy atom. The highest BCUT2D eigenvalue weighted by molar-refractivity contribution is 7.89. The number of nitrogens with zero attached hydrogens (tertiary/aromatic N) is 2. The Labute approximate surface area is 205 Å². The second-order valence-electron chi connectivity index (χ2n) is 8.39. The standard InChI is InChI=1S/C26H27N3O5S/c1-18-11-19(2)26(20(3)12-18)35(31,32)29(15-21-7-5-4-6-8-21)16-25(30)28-27-14-22-9-10-23-24(13-22)34-17-33-23/h4-14H,15-17H2,1-3H3,(H,28,30). The van der Waals surface area contributed by atoms with Crippen molar-refractivity contribution in [2.45, 2.75) is 32.2 Å². The van der Waals surface area contributed by atoms with Gasteiger partial charge >= 0.3 is 0 Å². The Hall–Kier alpha value is -3.69. The molecule has 1 amide bonds. The number of hydrogen-bond donors (Lipinski definition) is 1. The van der Waals surface area contributed by atoms with Gasteiger partial charge in [-0.15, -0.1) is 0 Å². The van der Waals surface area contributed by atoms with E-state index in [-0.39, 0.29) is 24.8 Å². The molecule has 0 aromatic heterocycles. The fraction of sp³-hybridized carbons (Fsp3) is 0.231. The molecule has 0 atom stereocenters. The predicted octanol–water partition coefficient (Wildman–Crippen LogP) is 3.68. The second kappa shape index (κ2) is 10.3. The second-order valence-corrected chi connectivity index (χ2v) is 10.3. The van der Waals surface area contributed by atoms with Crippen molar-refractivity contribution in [1.29, 1.82) is 0 Å². The third kappa shape index (κ3) is 5.70. The Bertz CT molecular complexity index is 1350. The zero-order valence-electron chi connectivity index (χ0n) is 19.8. The van der Waals surface area contributed by atoms with Gasteiger partial charge in [0, 0.05) is 6.54 Å². The van der Waals surface area contributed by atoms with E-state index < -0.39 is 15.9 Å². The summed E-state index contributed by atoms with van der Waals surface area (Å²) in [5.74, 6) is 0.697. The highest BCUT2D eigenvalue weighted by Gasteiger charge is 2.30. The topological polar surface area (TPSA) is 97.3 Å². The van der Waals surface area contributed by atoms with E-state index in [0.29, 0.717) is 28.2 Å². The Balaban J connectivity index is 1.54. The maximum absolute atomic E-state index is 13.7. The van der Waals surface area contributed by atoms with E-state index in [1.165, 1.54) is 10.5 Å². The van der Waals surface area contributed by atoms with Crippen LogP contribution in [0.5, 0.6) is 11.5 Å². The molecule has 0 saturated carbocycles. The Morgan fingerprint density at radius 2 is 1.69 bits per heavy atom. The molecule has 3 aromatic carbocycles. The number of nitrogens with one attached hydrogen (secondary N) is 1. The molecule has 4 rings (SSSR count). The summed E-state index contributed by atoms with van der Waals surface area (Å²) in [6.07, 6.45) is 1.46. The minimum Gasteiger partial charge on any atom is -0.454 e. The summed E-state index contributed by atoms with van der Waals surface area (Å²) in [6, 6.07) is 18.1. The highest BCUT2D eigenvalue weighted by atomic mass is 32.2. The van der Waals surface area contributed by atoms with Crippen LogP contribution in [0.1, 0.15) is 27.8 Å². The van der Waals surface area contributed by atoms with Crippen molar-refractivity contribution in [1.82, 2.24) is 9.73 Å². The van der Waals surface area contributed by atoms with Crippen molar-refractivity contribution >= 4 is 22.1 Å². The number of carbonyl (C=O) groups is 1. The summed E-state index contributed by atoms with van der Waals surface area (Å²) < 4.78 is 39.2. The van der Waals surface area contributed by atoms with E-state index in [4.69, 9.17) is 9.47 Å². The summed E-state index contributed by atoms with van der Waals surface area (Å²) in [5, 5.41) is 3.99. The molecule has 3 aromatic rings. The van der Waals surface area contributed by atoms with Crippen LogP contribution in [0.3, 0.4) is 0 Å². The van der Waals surface area contributed by atoms with E-state index >= 15 is 0 Å².